The van der Waals surface area contributed by atoms with Gasteiger partial charge in [0, 0.05) is 0 Å². The molecule has 0 aliphatic rings. The van der Waals surface area contributed by atoms with Crippen molar-refractivity contribution in [1.29, 1.82) is 0 Å². The van der Waals surface area contributed by atoms with E-state index in [0.29, 0.717) is 17.7 Å². The van der Waals surface area contributed by atoms with E-state index in [4.69, 9.17) is 4.42 Å². The van der Waals surface area contributed by atoms with E-state index >= 15 is 0 Å². The van der Waals surface area contributed by atoms with Crippen LogP contribution in [0.2, 0.25) is 0 Å². The predicted molar refractivity (Wildman–Crippen MR) is 73.4 cm³/mol. The van der Waals surface area contributed by atoms with Crippen molar-refractivity contribution in [2.45, 2.75) is 18.6 Å². The van der Waals surface area contributed by atoms with Crippen molar-refractivity contribution in [3.8, 4) is 0 Å². The number of hydrogen-bond donors (Lipinski definition) is 1. The molecule has 1 N–H and O–H groups in total. The molecule has 0 saturated heterocycles. The smallest absolute Gasteiger partial charge is 0.416 e. The molecule has 20 heavy (non-hydrogen) atoms. The lowest BCUT2D eigenvalue weighted by Crippen LogP contribution is -2.19. The molecule has 0 fully saturated rings. The molecular formula is C14H13BrF3NO. The molecule has 1 aromatic carbocycles. The van der Waals surface area contributed by atoms with Crippen LogP contribution in [0.1, 0.15) is 22.9 Å². The van der Waals surface area contributed by atoms with E-state index in [2.05, 4.69) is 21.2 Å². The molecule has 1 aromatic heterocycles. The van der Waals surface area contributed by atoms with E-state index in [9.17, 15) is 13.2 Å². The fraction of sp³-hybridized carbons (Fsp3) is 0.286. The number of furan rings is 1. The minimum atomic E-state index is -4.32. The number of alkyl halides is 3. The first-order chi connectivity index (χ1) is 9.41. The van der Waals surface area contributed by atoms with Crippen molar-refractivity contribution in [3.63, 3.8) is 0 Å². The standard InChI is InChI=1S/C14H13BrF3NO/c1-19-12(13-11(15)5-6-20-13)8-9-3-2-4-10(7-9)14(16,17)18/h2-7,12,19H,8H2,1H3. The molecule has 2 nitrogen and oxygen atoms in total. The van der Waals surface area contributed by atoms with Crippen LogP contribution in [0.4, 0.5) is 13.2 Å². The van der Waals surface area contributed by atoms with E-state index in [0.717, 1.165) is 10.5 Å². The highest BCUT2D eigenvalue weighted by molar-refractivity contribution is 9.10. The first-order valence-corrected chi connectivity index (χ1v) is 6.77. The quantitative estimate of drug-likeness (QED) is 0.876. The lowest BCUT2D eigenvalue weighted by molar-refractivity contribution is -0.137. The molecule has 0 amide bonds. The summed E-state index contributed by atoms with van der Waals surface area (Å²) in [4.78, 5) is 0. The summed E-state index contributed by atoms with van der Waals surface area (Å²) in [7, 11) is 1.74. The minimum Gasteiger partial charge on any atom is -0.466 e. The molecule has 0 aliphatic carbocycles. The highest BCUT2D eigenvalue weighted by Gasteiger charge is 2.30. The van der Waals surface area contributed by atoms with Crippen LogP contribution in [0.15, 0.2) is 45.5 Å². The topological polar surface area (TPSA) is 25.2 Å². The third kappa shape index (κ3) is 3.43. The highest BCUT2D eigenvalue weighted by Crippen LogP contribution is 2.31. The Morgan fingerprint density at radius 2 is 2.05 bits per heavy atom. The van der Waals surface area contributed by atoms with Gasteiger partial charge in [0.15, 0.2) is 0 Å². The molecule has 1 unspecified atom stereocenters. The van der Waals surface area contributed by atoms with Crippen LogP contribution in [0.5, 0.6) is 0 Å². The van der Waals surface area contributed by atoms with Crippen molar-refractivity contribution in [2.75, 3.05) is 7.05 Å². The van der Waals surface area contributed by atoms with Crippen LogP contribution >= 0.6 is 15.9 Å². The molecule has 0 saturated carbocycles. The van der Waals surface area contributed by atoms with Gasteiger partial charge in [-0.1, -0.05) is 18.2 Å². The Morgan fingerprint density at radius 1 is 1.30 bits per heavy atom. The van der Waals surface area contributed by atoms with Crippen molar-refractivity contribution in [1.82, 2.24) is 5.32 Å². The molecule has 0 aliphatic heterocycles. The zero-order chi connectivity index (χ0) is 14.8. The molecule has 108 valence electrons. The van der Waals surface area contributed by atoms with Gasteiger partial charge in [-0.25, -0.2) is 0 Å². The van der Waals surface area contributed by atoms with Crippen LogP contribution in [-0.2, 0) is 12.6 Å². The Hall–Kier alpha value is -1.27. The Kier molecular flexibility index (Phi) is 4.55. The van der Waals surface area contributed by atoms with Crippen molar-refractivity contribution in [3.05, 3.63) is 58.0 Å². The summed E-state index contributed by atoms with van der Waals surface area (Å²) in [6.07, 6.45) is -2.38. The van der Waals surface area contributed by atoms with Crippen LogP contribution in [0.25, 0.3) is 0 Å². The van der Waals surface area contributed by atoms with E-state index in [-0.39, 0.29) is 6.04 Å². The second kappa shape index (κ2) is 6.01. The van der Waals surface area contributed by atoms with Crippen LogP contribution in [0, 0.1) is 0 Å². The molecule has 2 rings (SSSR count). The van der Waals surface area contributed by atoms with Crippen LogP contribution in [0.3, 0.4) is 0 Å². The maximum Gasteiger partial charge on any atom is 0.416 e. The second-order valence-electron chi connectivity index (χ2n) is 4.38. The SMILES string of the molecule is CNC(Cc1cccc(C(F)(F)F)c1)c1occc1Br. The molecular weight excluding hydrogens is 335 g/mol. The molecule has 6 heteroatoms. The van der Waals surface area contributed by atoms with E-state index in [1.54, 1.807) is 19.2 Å². The molecule has 1 heterocycles. The van der Waals surface area contributed by atoms with Gasteiger partial charge in [-0.15, -0.1) is 0 Å². The van der Waals surface area contributed by atoms with Gasteiger partial charge in [-0.3, -0.25) is 0 Å². The number of nitrogens with one attached hydrogen (secondary N) is 1. The monoisotopic (exact) mass is 347 g/mol. The molecule has 2 aromatic rings. The fourth-order valence-corrected chi connectivity index (χ4v) is 2.47. The summed E-state index contributed by atoms with van der Waals surface area (Å²) < 4.78 is 44.2. The fourth-order valence-electron chi connectivity index (χ4n) is 1.99. The maximum absolute atomic E-state index is 12.7. The van der Waals surface area contributed by atoms with Gasteiger partial charge < -0.3 is 9.73 Å². The Labute approximate surface area is 123 Å². The summed E-state index contributed by atoms with van der Waals surface area (Å²) in [6, 6.07) is 6.90. The van der Waals surface area contributed by atoms with Gasteiger partial charge in [-0.2, -0.15) is 13.2 Å². The van der Waals surface area contributed by atoms with Crippen molar-refractivity contribution in [2.24, 2.45) is 0 Å². The zero-order valence-electron chi connectivity index (χ0n) is 10.7. The van der Waals surface area contributed by atoms with Crippen LogP contribution < -0.4 is 5.32 Å². The lowest BCUT2D eigenvalue weighted by Gasteiger charge is -2.15. The largest absolute Gasteiger partial charge is 0.466 e. The number of hydrogen-bond acceptors (Lipinski definition) is 2. The average Bonchev–Trinajstić information content (AvgIpc) is 2.81. The number of benzene rings is 1. The van der Waals surface area contributed by atoms with Crippen molar-refractivity contribution >= 4 is 15.9 Å². The minimum absolute atomic E-state index is 0.192. The van der Waals surface area contributed by atoms with Gasteiger partial charge in [0.05, 0.1) is 22.3 Å². The summed E-state index contributed by atoms with van der Waals surface area (Å²) in [5, 5.41) is 3.05. The van der Waals surface area contributed by atoms with Gasteiger partial charge in [0.25, 0.3) is 0 Å². The predicted octanol–water partition coefficient (Wildman–Crippen LogP) is 4.56. The third-order valence-electron chi connectivity index (χ3n) is 3.00. The summed E-state index contributed by atoms with van der Waals surface area (Å²) >= 11 is 3.35. The summed E-state index contributed by atoms with van der Waals surface area (Å²) in [5.74, 6) is 0.671. The van der Waals surface area contributed by atoms with Crippen LogP contribution in [-0.4, -0.2) is 7.05 Å². The normalized spacial score (nSPS) is 13.4. The van der Waals surface area contributed by atoms with E-state index < -0.39 is 11.7 Å². The van der Waals surface area contributed by atoms with Gasteiger partial charge in [0.1, 0.15) is 5.76 Å². The summed E-state index contributed by atoms with van der Waals surface area (Å²) in [5.41, 5.74) is -0.0363. The van der Waals surface area contributed by atoms with Gasteiger partial charge in [-0.05, 0) is 47.1 Å². The molecule has 0 spiro atoms. The van der Waals surface area contributed by atoms with Crippen molar-refractivity contribution < 1.29 is 17.6 Å². The zero-order valence-corrected chi connectivity index (χ0v) is 12.3. The Bertz CT molecular complexity index is 580. The second-order valence-corrected chi connectivity index (χ2v) is 5.23. The number of rotatable bonds is 4. The highest BCUT2D eigenvalue weighted by atomic mass is 79.9. The van der Waals surface area contributed by atoms with Gasteiger partial charge in [0.2, 0.25) is 0 Å². The summed E-state index contributed by atoms with van der Waals surface area (Å²) in [6.45, 7) is 0. The maximum atomic E-state index is 12.7. The lowest BCUT2D eigenvalue weighted by atomic mass is 10.0. The van der Waals surface area contributed by atoms with Gasteiger partial charge >= 0.3 is 6.18 Å². The Balaban J connectivity index is 2.23. The molecule has 0 radical (unpaired) electrons. The molecule has 1 atom stereocenters. The third-order valence-corrected chi connectivity index (χ3v) is 3.66. The first-order valence-electron chi connectivity index (χ1n) is 5.98. The van der Waals surface area contributed by atoms with E-state index in [1.807, 2.05) is 0 Å². The van der Waals surface area contributed by atoms with E-state index in [1.165, 1.54) is 18.4 Å². The Morgan fingerprint density at radius 3 is 2.60 bits per heavy atom. The first kappa shape index (κ1) is 15.1. The molecule has 0 bridgehead atoms. The number of likely N-dealkylation sites (N-methyl/N-ethyl adjacent to an activating group) is 1. The average molecular weight is 348 g/mol. The number of halogens is 4.